The number of nitrogens with one attached hydrogen (secondary N) is 2. The second kappa shape index (κ2) is 14.5. The van der Waals surface area contributed by atoms with Crippen LogP contribution in [-0.2, 0) is 30.8 Å². The van der Waals surface area contributed by atoms with Crippen LogP contribution < -0.4 is 15.4 Å². The quantitative estimate of drug-likeness (QED) is 0.464. The zero-order valence-electron chi connectivity index (χ0n) is 25.9. The molecule has 1 aromatic carbocycles. The van der Waals surface area contributed by atoms with Crippen LogP contribution in [0.15, 0.2) is 34.9 Å². The van der Waals surface area contributed by atoms with Gasteiger partial charge < -0.3 is 24.7 Å². The molecule has 2 bridgehead atoms. The number of hydrogen-bond acceptors (Lipinski definition) is 8. The average molecular weight is 606 g/mol. The summed E-state index contributed by atoms with van der Waals surface area (Å²) in [7, 11) is 0. The summed E-state index contributed by atoms with van der Waals surface area (Å²) < 4.78 is 13.8. The van der Waals surface area contributed by atoms with Crippen LogP contribution in [0.25, 0.3) is 0 Å². The number of nitrogens with zero attached hydrogens (tertiary/aromatic N) is 5. The maximum atomic E-state index is 13.8. The highest BCUT2D eigenvalue weighted by molar-refractivity contribution is 5.99. The van der Waals surface area contributed by atoms with Gasteiger partial charge in [-0.1, -0.05) is 18.2 Å². The first-order valence-corrected chi connectivity index (χ1v) is 15.6. The number of benzene rings is 1. The van der Waals surface area contributed by atoms with E-state index in [1.165, 1.54) is 12.8 Å². The van der Waals surface area contributed by atoms with Gasteiger partial charge in [0.2, 0.25) is 5.91 Å². The van der Waals surface area contributed by atoms with Crippen molar-refractivity contribution in [1.82, 2.24) is 35.4 Å². The van der Waals surface area contributed by atoms with Gasteiger partial charge in [0.25, 0.3) is 11.8 Å². The molecule has 2 aliphatic heterocycles. The molecule has 12 nitrogen and oxygen atoms in total. The van der Waals surface area contributed by atoms with Crippen molar-refractivity contribution in [2.24, 2.45) is 0 Å². The summed E-state index contributed by atoms with van der Waals surface area (Å²) in [6, 6.07) is 6.50. The van der Waals surface area contributed by atoms with Gasteiger partial charge in [-0.15, -0.1) is 5.10 Å². The Morgan fingerprint density at radius 2 is 1.89 bits per heavy atom. The number of furan rings is 1. The first-order valence-electron chi connectivity index (χ1n) is 15.6. The van der Waals surface area contributed by atoms with Crippen LogP contribution in [0, 0.1) is 6.92 Å². The van der Waals surface area contributed by atoms with Gasteiger partial charge in [0.15, 0.2) is 5.76 Å². The Bertz CT molecular complexity index is 1460. The van der Waals surface area contributed by atoms with Crippen molar-refractivity contribution < 1.29 is 23.5 Å². The molecule has 44 heavy (non-hydrogen) atoms. The van der Waals surface area contributed by atoms with Gasteiger partial charge in [-0.25, -0.2) is 0 Å². The molecule has 3 amide bonds. The van der Waals surface area contributed by atoms with Gasteiger partial charge in [0.1, 0.15) is 23.2 Å². The van der Waals surface area contributed by atoms with E-state index < -0.39 is 6.04 Å². The Morgan fingerprint density at radius 3 is 2.68 bits per heavy atom. The van der Waals surface area contributed by atoms with Crippen LogP contribution in [0.3, 0.4) is 0 Å². The summed E-state index contributed by atoms with van der Waals surface area (Å²) in [6.45, 7) is 10.4. The minimum Gasteiger partial charge on any atom is -0.493 e. The SMILES string of the molecule is CCc1oc(C(=O)N2CCCNC(=O)[C@@H](C)NC(=O)c3ccc(C)cc3OCCCn3cc(nn3)C2)cc1CN1CCCC1. The first-order chi connectivity index (χ1) is 21.3. The Morgan fingerprint density at radius 1 is 1.07 bits per heavy atom. The molecule has 2 N–H and O–H groups in total. The van der Waals surface area contributed by atoms with Crippen molar-refractivity contribution in [3.05, 3.63) is 64.4 Å². The molecule has 0 saturated carbocycles. The van der Waals surface area contributed by atoms with Crippen LogP contribution in [0.1, 0.15) is 83.0 Å². The third-order valence-corrected chi connectivity index (χ3v) is 8.06. The molecule has 2 aromatic heterocycles. The molecular weight excluding hydrogens is 562 g/mol. The summed E-state index contributed by atoms with van der Waals surface area (Å²) >= 11 is 0. The molecule has 0 aliphatic carbocycles. The Hall–Kier alpha value is -4.19. The van der Waals surface area contributed by atoms with Gasteiger partial charge in [-0.05, 0) is 70.0 Å². The minimum atomic E-state index is -0.754. The van der Waals surface area contributed by atoms with Crippen molar-refractivity contribution in [2.75, 3.05) is 32.8 Å². The number of aromatic nitrogens is 3. The van der Waals surface area contributed by atoms with Crippen molar-refractivity contribution >= 4 is 17.7 Å². The zero-order valence-corrected chi connectivity index (χ0v) is 25.9. The first kappa shape index (κ1) is 31.2. The largest absolute Gasteiger partial charge is 0.493 e. The maximum Gasteiger partial charge on any atom is 0.289 e. The smallest absolute Gasteiger partial charge is 0.289 e. The van der Waals surface area contributed by atoms with E-state index in [1.807, 2.05) is 38.2 Å². The lowest BCUT2D eigenvalue weighted by atomic mass is 10.1. The van der Waals surface area contributed by atoms with Gasteiger partial charge in [0.05, 0.1) is 24.9 Å². The fourth-order valence-electron chi connectivity index (χ4n) is 5.63. The van der Waals surface area contributed by atoms with E-state index in [2.05, 4.69) is 25.8 Å². The van der Waals surface area contributed by atoms with Crippen LogP contribution in [0.4, 0.5) is 0 Å². The standard InChI is InChI=1S/C32H43N7O5/c1-4-27-24(19-37-12-5-6-13-37)18-29(44-27)32(42)38-14-7-11-33-30(40)23(3)34-31(41)26-10-9-22(2)17-28(26)43-16-8-15-39-21-25(20-38)35-36-39/h9-10,17-18,21,23H,4-8,11-16,19-20H2,1-3H3,(H,33,40)(H,34,41)/t23-/m1/s1. The van der Waals surface area contributed by atoms with Crippen LogP contribution in [0.5, 0.6) is 5.75 Å². The van der Waals surface area contributed by atoms with Gasteiger partial charge in [0, 0.05) is 44.6 Å². The molecule has 5 rings (SSSR count). The molecule has 3 aromatic rings. The molecule has 236 valence electrons. The summed E-state index contributed by atoms with van der Waals surface area (Å²) in [5.41, 5.74) is 3.05. The number of amides is 3. The second-order valence-electron chi connectivity index (χ2n) is 11.6. The number of likely N-dealkylation sites (tertiary alicyclic amines) is 1. The maximum absolute atomic E-state index is 13.8. The molecule has 0 spiro atoms. The number of fused-ring (bicyclic) bond motifs is 3. The number of hydrogen-bond donors (Lipinski definition) is 2. The molecule has 4 heterocycles. The Balaban J connectivity index is 1.32. The van der Waals surface area contributed by atoms with E-state index in [4.69, 9.17) is 9.15 Å². The van der Waals surface area contributed by atoms with Crippen molar-refractivity contribution in [3.8, 4) is 5.75 Å². The lowest BCUT2D eigenvalue weighted by Gasteiger charge is -2.21. The van der Waals surface area contributed by atoms with Gasteiger partial charge in [-0.2, -0.15) is 0 Å². The molecule has 2 aliphatic rings. The highest BCUT2D eigenvalue weighted by Crippen LogP contribution is 2.23. The molecule has 1 saturated heterocycles. The normalized spacial score (nSPS) is 19.2. The van der Waals surface area contributed by atoms with E-state index in [0.717, 1.165) is 36.5 Å². The summed E-state index contributed by atoms with van der Waals surface area (Å²) in [4.78, 5) is 43.7. The topological polar surface area (TPSA) is 135 Å². The predicted octanol–water partition coefficient (Wildman–Crippen LogP) is 3.09. The van der Waals surface area contributed by atoms with Crippen LogP contribution in [0.2, 0.25) is 0 Å². The minimum absolute atomic E-state index is 0.221. The number of aryl methyl sites for hydroxylation is 3. The van der Waals surface area contributed by atoms with E-state index in [-0.39, 0.29) is 24.3 Å². The lowest BCUT2D eigenvalue weighted by Crippen LogP contribution is -2.45. The summed E-state index contributed by atoms with van der Waals surface area (Å²) in [5.74, 6) is 0.708. The second-order valence-corrected chi connectivity index (χ2v) is 11.6. The molecule has 1 fully saturated rings. The monoisotopic (exact) mass is 605 g/mol. The van der Waals surface area contributed by atoms with Crippen molar-refractivity contribution in [2.45, 2.75) is 78.6 Å². The fourth-order valence-corrected chi connectivity index (χ4v) is 5.63. The number of rotatable bonds is 4. The van der Waals surface area contributed by atoms with Crippen LogP contribution in [-0.4, -0.2) is 81.3 Å². The predicted molar refractivity (Wildman–Crippen MR) is 163 cm³/mol. The molecular formula is C32H43N7O5. The van der Waals surface area contributed by atoms with Crippen LogP contribution >= 0.6 is 0 Å². The molecule has 12 heteroatoms. The summed E-state index contributed by atoms with van der Waals surface area (Å²) in [6.07, 6.45) is 6.07. The van der Waals surface area contributed by atoms with E-state index in [9.17, 15) is 14.4 Å². The number of carbonyl (C=O) groups is 3. The average Bonchev–Trinajstić information content (AvgIpc) is 3.78. The molecule has 0 unspecified atom stereocenters. The molecule has 1 atom stereocenters. The van der Waals surface area contributed by atoms with E-state index in [1.54, 1.807) is 22.6 Å². The highest BCUT2D eigenvalue weighted by Gasteiger charge is 2.25. The fraction of sp³-hybridized carbons (Fsp3) is 0.531. The highest BCUT2D eigenvalue weighted by atomic mass is 16.5. The Labute approximate surface area is 258 Å². The summed E-state index contributed by atoms with van der Waals surface area (Å²) in [5, 5.41) is 14.2. The lowest BCUT2D eigenvalue weighted by molar-refractivity contribution is -0.122. The van der Waals surface area contributed by atoms with Crippen molar-refractivity contribution in [3.63, 3.8) is 0 Å². The van der Waals surface area contributed by atoms with Gasteiger partial charge in [-0.3, -0.25) is 24.0 Å². The molecule has 0 radical (unpaired) electrons. The number of ether oxygens (including phenoxy) is 1. The van der Waals surface area contributed by atoms with Crippen molar-refractivity contribution in [1.29, 1.82) is 0 Å². The zero-order chi connectivity index (χ0) is 31.1. The third-order valence-electron chi connectivity index (χ3n) is 8.06. The van der Waals surface area contributed by atoms with E-state index >= 15 is 0 Å². The number of carbonyl (C=O) groups excluding carboxylic acids is 3. The van der Waals surface area contributed by atoms with E-state index in [0.29, 0.717) is 68.3 Å². The third kappa shape index (κ3) is 7.85. The van der Waals surface area contributed by atoms with Gasteiger partial charge >= 0.3 is 0 Å². The Kier molecular flexibility index (Phi) is 10.3.